The van der Waals surface area contributed by atoms with E-state index in [0.29, 0.717) is 44.8 Å². The van der Waals surface area contributed by atoms with Crippen LogP contribution in [0.4, 0.5) is 0 Å². The standard InChI is InChI=1S/C16H20O4/c17-8-9-18-10-11-19-12-13-20-16-7-3-5-14-4-1-2-6-15(14)16/h1-7,17H,8-13H2/i3D. The second-order valence-electron chi connectivity index (χ2n) is 4.20. The lowest BCUT2D eigenvalue weighted by molar-refractivity contribution is 0.0248. The van der Waals surface area contributed by atoms with Crippen LogP contribution in [0.2, 0.25) is 0 Å². The van der Waals surface area contributed by atoms with E-state index in [1.165, 1.54) is 0 Å². The third-order valence-corrected chi connectivity index (χ3v) is 2.77. The van der Waals surface area contributed by atoms with Crippen molar-refractivity contribution >= 4 is 10.8 Å². The van der Waals surface area contributed by atoms with Crippen LogP contribution in [0.25, 0.3) is 10.8 Å². The van der Waals surface area contributed by atoms with Gasteiger partial charge in [0.25, 0.3) is 0 Å². The number of hydrogen-bond donors (Lipinski definition) is 1. The summed E-state index contributed by atoms with van der Waals surface area (Å²) in [5.74, 6) is 0.707. The Kier molecular flexibility index (Phi) is 5.70. The zero-order valence-corrected chi connectivity index (χ0v) is 11.4. The molecule has 1 N–H and O–H groups in total. The predicted molar refractivity (Wildman–Crippen MR) is 78.2 cm³/mol. The molecule has 0 aliphatic carbocycles. The molecule has 2 aromatic rings. The van der Waals surface area contributed by atoms with Crippen molar-refractivity contribution in [2.45, 2.75) is 0 Å². The van der Waals surface area contributed by atoms with E-state index in [2.05, 4.69) is 0 Å². The molecule has 0 saturated heterocycles. The minimum absolute atomic E-state index is 0.0274. The molecule has 0 amide bonds. The lowest BCUT2D eigenvalue weighted by Crippen LogP contribution is -2.12. The summed E-state index contributed by atoms with van der Waals surface area (Å²) in [4.78, 5) is 0. The van der Waals surface area contributed by atoms with Crippen molar-refractivity contribution < 1.29 is 20.7 Å². The van der Waals surface area contributed by atoms with Crippen molar-refractivity contribution in [2.24, 2.45) is 0 Å². The molecule has 0 atom stereocenters. The van der Waals surface area contributed by atoms with Crippen LogP contribution in [0.15, 0.2) is 42.4 Å². The van der Waals surface area contributed by atoms with E-state index in [1.54, 1.807) is 6.07 Å². The maximum atomic E-state index is 8.54. The van der Waals surface area contributed by atoms with E-state index in [1.807, 2.05) is 30.3 Å². The predicted octanol–water partition coefficient (Wildman–Crippen LogP) is 2.24. The van der Waals surface area contributed by atoms with E-state index in [0.717, 1.165) is 10.8 Å². The maximum absolute atomic E-state index is 8.54. The summed E-state index contributed by atoms with van der Waals surface area (Å²) >= 11 is 0. The molecule has 4 nitrogen and oxygen atoms in total. The van der Waals surface area contributed by atoms with Crippen LogP contribution >= 0.6 is 0 Å². The Bertz CT molecular complexity index is 559. The molecule has 2 aromatic carbocycles. The minimum atomic E-state index is 0.0274. The van der Waals surface area contributed by atoms with Crippen LogP contribution in [0.1, 0.15) is 1.37 Å². The summed E-state index contributed by atoms with van der Waals surface area (Å²) < 4.78 is 23.9. The van der Waals surface area contributed by atoms with Crippen LogP contribution in [0.3, 0.4) is 0 Å². The largest absolute Gasteiger partial charge is 0.491 e. The van der Waals surface area contributed by atoms with Crippen LogP contribution < -0.4 is 4.74 Å². The fourth-order valence-electron chi connectivity index (χ4n) is 1.85. The Morgan fingerprint density at radius 2 is 1.65 bits per heavy atom. The zero-order valence-electron chi connectivity index (χ0n) is 12.4. The van der Waals surface area contributed by atoms with Crippen molar-refractivity contribution in [3.63, 3.8) is 0 Å². The van der Waals surface area contributed by atoms with Crippen molar-refractivity contribution in [3.05, 3.63) is 42.4 Å². The van der Waals surface area contributed by atoms with E-state index in [-0.39, 0.29) is 6.61 Å². The number of benzene rings is 2. The Balaban J connectivity index is 1.78. The average molecular weight is 277 g/mol. The van der Waals surface area contributed by atoms with Crippen molar-refractivity contribution in [1.29, 1.82) is 0 Å². The quantitative estimate of drug-likeness (QED) is 0.714. The second-order valence-corrected chi connectivity index (χ2v) is 4.20. The number of aliphatic hydroxyl groups excluding tert-OH is 1. The van der Waals surface area contributed by atoms with Gasteiger partial charge in [-0.15, -0.1) is 0 Å². The SMILES string of the molecule is [2H]c1cc(OCCOCCOCCO)c2ccccc2c1. The highest BCUT2D eigenvalue weighted by molar-refractivity contribution is 5.88. The third kappa shape index (κ3) is 4.49. The lowest BCUT2D eigenvalue weighted by atomic mass is 10.1. The summed E-state index contributed by atoms with van der Waals surface area (Å²) in [5, 5.41) is 10.5. The molecule has 0 radical (unpaired) electrons. The fraction of sp³-hybridized carbons (Fsp3) is 0.375. The number of hydrogen-bond acceptors (Lipinski definition) is 4. The molecule has 108 valence electrons. The molecule has 0 saturated carbocycles. The molecular weight excluding hydrogens is 256 g/mol. The molecule has 0 aromatic heterocycles. The second kappa shape index (κ2) is 8.53. The molecule has 4 heteroatoms. The summed E-state index contributed by atoms with van der Waals surface area (Å²) in [6.45, 7) is 2.18. The van der Waals surface area contributed by atoms with Gasteiger partial charge in [-0.2, -0.15) is 0 Å². The highest BCUT2D eigenvalue weighted by Crippen LogP contribution is 2.24. The smallest absolute Gasteiger partial charge is 0.127 e. The van der Waals surface area contributed by atoms with Crippen molar-refractivity contribution in [1.82, 2.24) is 0 Å². The maximum Gasteiger partial charge on any atom is 0.127 e. The first kappa shape index (κ1) is 13.4. The van der Waals surface area contributed by atoms with Crippen molar-refractivity contribution in [3.8, 4) is 5.75 Å². The number of rotatable bonds is 9. The molecule has 0 unspecified atom stereocenters. The van der Waals surface area contributed by atoms with Gasteiger partial charge in [0.15, 0.2) is 0 Å². The Morgan fingerprint density at radius 1 is 0.900 bits per heavy atom. The molecule has 2 rings (SSSR count). The molecule has 0 heterocycles. The normalized spacial score (nSPS) is 11.6. The molecule has 0 aliphatic rings. The Morgan fingerprint density at radius 3 is 2.50 bits per heavy atom. The van der Waals surface area contributed by atoms with Gasteiger partial charge in [0, 0.05) is 5.39 Å². The zero-order chi connectivity index (χ0) is 14.9. The van der Waals surface area contributed by atoms with Crippen LogP contribution in [0.5, 0.6) is 5.75 Å². The number of fused-ring (bicyclic) bond motifs is 1. The van der Waals surface area contributed by atoms with Gasteiger partial charge < -0.3 is 19.3 Å². The van der Waals surface area contributed by atoms with E-state index < -0.39 is 0 Å². The van der Waals surface area contributed by atoms with Gasteiger partial charge in [-0.1, -0.05) is 36.4 Å². The highest BCUT2D eigenvalue weighted by atomic mass is 16.5. The molecule has 20 heavy (non-hydrogen) atoms. The van der Waals surface area contributed by atoms with Gasteiger partial charge in [-0.25, -0.2) is 0 Å². The molecule has 0 fully saturated rings. The van der Waals surface area contributed by atoms with Crippen LogP contribution in [-0.4, -0.2) is 44.7 Å². The average Bonchev–Trinajstić information content (AvgIpc) is 2.49. The van der Waals surface area contributed by atoms with Gasteiger partial charge in [0.05, 0.1) is 34.4 Å². The van der Waals surface area contributed by atoms with Crippen molar-refractivity contribution in [2.75, 3.05) is 39.6 Å². The van der Waals surface area contributed by atoms with E-state index in [4.69, 9.17) is 20.7 Å². The Labute approximate surface area is 120 Å². The topological polar surface area (TPSA) is 47.9 Å². The highest BCUT2D eigenvalue weighted by Gasteiger charge is 2.00. The molecule has 0 spiro atoms. The molecule has 0 aliphatic heterocycles. The van der Waals surface area contributed by atoms with E-state index in [9.17, 15) is 0 Å². The molecular formula is C16H20O4. The fourth-order valence-corrected chi connectivity index (χ4v) is 1.85. The molecule has 0 bridgehead atoms. The first-order valence-electron chi connectivity index (χ1n) is 7.20. The van der Waals surface area contributed by atoms with Gasteiger partial charge in [-0.05, 0) is 11.5 Å². The first-order valence-corrected chi connectivity index (χ1v) is 6.70. The summed E-state index contributed by atoms with van der Waals surface area (Å²) in [7, 11) is 0. The van der Waals surface area contributed by atoms with Gasteiger partial charge >= 0.3 is 0 Å². The van der Waals surface area contributed by atoms with Gasteiger partial charge in [0.1, 0.15) is 12.4 Å². The third-order valence-electron chi connectivity index (χ3n) is 2.77. The number of ether oxygens (including phenoxy) is 3. The summed E-state index contributed by atoms with van der Waals surface area (Å²) in [5.41, 5.74) is 0. The summed E-state index contributed by atoms with van der Waals surface area (Å²) in [6, 6.07) is 11.8. The van der Waals surface area contributed by atoms with Crippen LogP contribution in [0, 0.1) is 0 Å². The van der Waals surface area contributed by atoms with Gasteiger partial charge in [-0.3, -0.25) is 0 Å². The number of aliphatic hydroxyl groups is 1. The van der Waals surface area contributed by atoms with Crippen LogP contribution in [-0.2, 0) is 9.47 Å². The minimum Gasteiger partial charge on any atom is -0.491 e. The lowest BCUT2D eigenvalue weighted by Gasteiger charge is -2.09. The van der Waals surface area contributed by atoms with E-state index >= 15 is 0 Å². The first-order chi connectivity index (χ1) is 10.3. The van der Waals surface area contributed by atoms with Gasteiger partial charge in [0.2, 0.25) is 0 Å². The summed E-state index contributed by atoms with van der Waals surface area (Å²) in [6.07, 6.45) is 0. The Hall–Kier alpha value is -1.62. The monoisotopic (exact) mass is 277 g/mol.